The van der Waals surface area contributed by atoms with Crippen molar-refractivity contribution in [2.24, 2.45) is 7.05 Å². The SMILES string of the molecule is COc1cccc(CC(=O)N[C@@H](c2ccccc2OC)c2nccn2C)c1. The van der Waals surface area contributed by atoms with Crippen LogP contribution in [0.15, 0.2) is 60.9 Å². The second-order valence-corrected chi connectivity index (χ2v) is 6.17. The summed E-state index contributed by atoms with van der Waals surface area (Å²) in [5, 5.41) is 3.09. The van der Waals surface area contributed by atoms with Gasteiger partial charge in [-0.15, -0.1) is 0 Å². The van der Waals surface area contributed by atoms with Gasteiger partial charge in [-0.3, -0.25) is 4.79 Å². The van der Waals surface area contributed by atoms with Crippen molar-refractivity contribution >= 4 is 5.91 Å². The number of hydrogen-bond donors (Lipinski definition) is 1. The molecule has 0 radical (unpaired) electrons. The normalized spacial score (nSPS) is 11.7. The van der Waals surface area contributed by atoms with Crippen molar-refractivity contribution in [1.82, 2.24) is 14.9 Å². The van der Waals surface area contributed by atoms with E-state index in [2.05, 4.69) is 10.3 Å². The fraction of sp³-hybridized carbons (Fsp3) is 0.238. The first-order valence-corrected chi connectivity index (χ1v) is 8.64. The number of amides is 1. The zero-order valence-electron chi connectivity index (χ0n) is 15.7. The maximum absolute atomic E-state index is 12.8. The molecule has 1 amide bonds. The third kappa shape index (κ3) is 4.28. The van der Waals surface area contributed by atoms with Crippen LogP contribution in [0, 0.1) is 0 Å². The van der Waals surface area contributed by atoms with E-state index >= 15 is 0 Å². The van der Waals surface area contributed by atoms with Crippen LogP contribution in [-0.2, 0) is 18.3 Å². The Morgan fingerprint density at radius 1 is 1.15 bits per heavy atom. The Balaban J connectivity index is 1.87. The molecule has 0 aliphatic rings. The van der Waals surface area contributed by atoms with Gasteiger partial charge in [-0.1, -0.05) is 30.3 Å². The predicted molar refractivity (Wildman–Crippen MR) is 103 cm³/mol. The smallest absolute Gasteiger partial charge is 0.225 e. The van der Waals surface area contributed by atoms with Crippen molar-refractivity contribution in [1.29, 1.82) is 0 Å². The van der Waals surface area contributed by atoms with Crippen molar-refractivity contribution in [3.05, 3.63) is 77.9 Å². The lowest BCUT2D eigenvalue weighted by Gasteiger charge is -2.21. The lowest BCUT2D eigenvalue weighted by molar-refractivity contribution is -0.121. The fourth-order valence-corrected chi connectivity index (χ4v) is 3.02. The number of nitrogens with one attached hydrogen (secondary N) is 1. The van der Waals surface area contributed by atoms with Gasteiger partial charge in [0.1, 0.15) is 23.4 Å². The lowest BCUT2D eigenvalue weighted by atomic mass is 10.0. The van der Waals surface area contributed by atoms with Gasteiger partial charge in [0, 0.05) is 25.0 Å². The molecule has 1 heterocycles. The number of aryl methyl sites for hydroxylation is 1. The molecule has 0 saturated carbocycles. The minimum Gasteiger partial charge on any atom is -0.497 e. The van der Waals surface area contributed by atoms with E-state index in [-0.39, 0.29) is 12.3 Å². The molecule has 140 valence electrons. The van der Waals surface area contributed by atoms with Crippen LogP contribution < -0.4 is 14.8 Å². The molecule has 0 unspecified atom stereocenters. The highest BCUT2D eigenvalue weighted by atomic mass is 16.5. The molecule has 3 rings (SSSR count). The van der Waals surface area contributed by atoms with E-state index in [1.54, 1.807) is 20.4 Å². The summed E-state index contributed by atoms with van der Waals surface area (Å²) in [4.78, 5) is 17.2. The first-order chi connectivity index (χ1) is 13.1. The molecule has 0 fully saturated rings. The molecule has 0 bridgehead atoms. The van der Waals surface area contributed by atoms with Gasteiger partial charge in [0.25, 0.3) is 0 Å². The van der Waals surface area contributed by atoms with E-state index in [0.717, 1.165) is 22.7 Å². The van der Waals surface area contributed by atoms with Crippen LogP contribution in [0.1, 0.15) is 23.0 Å². The molecule has 3 aromatic rings. The largest absolute Gasteiger partial charge is 0.497 e. The molecule has 0 aliphatic heterocycles. The van der Waals surface area contributed by atoms with E-state index in [1.165, 1.54) is 0 Å². The van der Waals surface area contributed by atoms with Crippen molar-refractivity contribution in [3.63, 3.8) is 0 Å². The number of ether oxygens (including phenoxy) is 2. The van der Waals surface area contributed by atoms with Crippen LogP contribution >= 0.6 is 0 Å². The van der Waals surface area contributed by atoms with E-state index in [4.69, 9.17) is 9.47 Å². The van der Waals surface area contributed by atoms with E-state index < -0.39 is 6.04 Å². The maximum atomic E-state index is 12.8. The van der Waals surface area contributed by atoms with Crippen LogP contribution in [0.2, 0.25) is 0 Å². The van der Waals surface area contributed by atoms with Crippen LogP contribution in [0.4, 0.5) is 0 Å². The number of para-hydroxylation sites is 1. The molecule has 6 nitrogen and oxygen atoms in total. The molecule has 0 spiro atoms. The van der Waals surface area contributed by atoms with Crippen LogP contribution in [0.3, 0.4) is 0 Å². The number of carbonyl (C=O) groups is 1. The Morgan fingerprint density at radius 2 is 1.96 bits per heavy atom. The van der Waals surface area contributed by atoms with Gasteiger partial charge in [-0.05, 0) is 23.8 Å². The molecule has 0 saturated heterocycles. The zero-order chi connectivity index (χ0) is 19.2. The number of imidazole rings is 1. The first-order valence-electron chi connectivity index (χ1n) is 8.64. The van der Waals surface area contributed by atoms with Crippen molar-refractivity contribution < 1.29 is 14.3 Å². The highest BCUT2D eigenvalue weighted by Crippen LogP contribution is 2.29. The molecule has 1 N–H and O–H groups in total. The Labute approximate surface area is 158 Å². The average Bonchev–Trinajstić information content (AvgIpc) is 3.12. The molecule has 27 heavy (non-hydrogen) atoms. The summed E-state index contributed by atoms with van der Waals surface area (Å²) in [5.74, 6) is 2.05. The Bertz CT molecular complexity index is 920. The number of benzene rings is 2. The summed E-state index contributed by atoms with van der Waals surface area (Å²) in [7, 11) is 5.13. The molecular formula is C21H23N3O3. The summed E-state index contributed by atoms with van der Waals surface area (Å²) in [6.07, 6.45) is 3.81. The van der Waals surface area contributed by atoms with E-state index in [1.807, 2.05) is 66.3 Å². The summed E-state index contributed by atoms with van der Waals surface area (Å²) < 4.78 is 12.6. The van der Waals surface area contributed by atoms with Gasteiger partial charge in [-0.2, -0.15) is 0 Å². The third-order valence-corrected chi connectivity index (χ3v) is 4.37. The monoisotopic (exact) mass is 365 g/mol. The van der Waals surface area contributed by atoms with Gasteiger partial charge in [-0.25, -0.2) is 4.98 Å². The second kappa shape index (κ2) is 8.40. The third-order valence-electron chi connectivity index (χ3n) is 4.37. The molecule has 2 aromatic carbocycles. The quantitative estimate of drug-likeness (QED) is 0.699. The number of methoxy groups -OCH3 is 2. The van der Waals surface area contributed by atoms with E-state index in [0.29, 0.717) is 5.75 Å². The van der Waals surface area contributed by atoms with Crippen molar-refractivity contribution in [2.45, 2.75) is 12.5 Å². The number of nitrogens with zero attached hydrogens (tertiary/aromatic N) is 2. The highest BCUT2D eigenvalue weighted by molar-refractivity contribution is 5.79. The standard InChI is InChI=1S/C21H23N3O3/c1-24-12-11-22-21(24)20(17-9-4-5-10-18(17)27-3)23-19(25)14-15-7-6-8-16(13-15)26-2/h4-13,20H,14H2,1-3H3,(H,23,25)/t20-/m0/s1. The van der Waals surface area contributed by atoms with Gasteiger partial charge in [0.15, 0.2) is 0 Å². The van der Waals surface area contributed by atoms with Gasteiger partial charge in [0.2, 0.25) is 5.91 Å². The lowest BCUT2D eigenvalue weighted by Crippen LogP contribution is -2.32. The number of carbonyl (C=O) groups excluding carboxylic acids is 1. The Morgan fingerprint density at radius 3 is 2.67 bits per heavy atom. The molecule has 1 aromatic heterocycles. The first kappa shape index (κ1) is 18.5. The summed E-state index contributed by atoms with van der Waals surface area (Å²) >= 11 is 0. The number of aromatic nitrogens is 2. The van der Waals surface area contributed by atoms with Crippen LogP contribution in [-0.4, -0.2) is 29.7 Å². The van der Waals surface area contributed by atoms with Crippen LogP contribution in [0.5, 0.6) is 11.5 Å². The van der Waals surface area contributed by atoms with Crippen LogP contribution in [0.25, 0.3) is 0 Å². The molecule has 0 aliphatic carbocycles. The topological polar surface area (TPSA) is 65.4 Å². The van der Waals surface area contributed by atoms with Crippen molar-refractivity contribution in [2.75, 3.05) is 14.2 Å². The summed E-state index contributed by atoms with van der Waals surface area (Å²) in [6.45, 7) is 0. The van der Waals surface area contributed by atoms with E-state index in [9.17, 15) is 4.79 Å². The predicted octanol–water partition coefficient (Wildman–Crippen LogP) is 2.89. The van der Waals surface area contributed by atoms with Gasteiger partial charge >= 0.3 is 0 Å². The second-order valence-electron chi connectivity index (χ2n) is 6.17. The van der Waals surface area contributed by atoms with Gasteiger partial charge in [0.05, 0.1) is 20.6 Å². The average molecular weight is 365 g/mol. The molecule has 6 heteroatoms. The number of hydrogen-bond acceptors (Lipinski definition) is 4. The minimum atomic E-state index is -0.417. The summed E-state index contributed by atoms with van der Waals surface area (Å²) in [5.41, 5.74) is 1.73. The van der Waals surface area contributed by atoms with Gasteiger partial charge < -0.3 is 19.4 Å². The maximum Gasteiger partial charge on any atom is 0.225 e. The highest BCUT2D eigenvalue weighted by Gasteiger charge is 2.23. The molecular weight excluding hydrogens is 342 g/mol. The molecule has 1 atom stereocenters. The fourth-order valence-electron chi connectivity index (χ4n) is 3.02. The van der Waals surface area contributed by atoms with Crippen molar-refractivity contribution in [3.8, 4) is 11.5 Å². The number of rotatable bonds is 7. The minimum absolute atomic E-state index is 0.109. The Kier molecular flexibility index (Phi) is 5.76. The zero-order valence-corrected chi connectivity index (χ0v) is 15.7. The Hall–Kier alpha value is -3.28. The summed E-state index contributed by atoms with van der Waals surface area (Å²) in [6, 6.07) is 14.7.